The molecular formula is C12H15NOS. The molecule has 0 amide bonds. The smallest absolute Gasteiger partial charge is 0.150 e. The normalized spacial score (nSPS) is 16.5. The van der Waals surface area contributed by atoms with Crippen LogP contribution < -0.4 is 4.31 Å². The fourth-order valence-electron chi connectivity index (χ4n) is 1.75. The lowest BCUT2D eigenvalue weighted by atomic mass is 10.1. The standard InChI is InChI=1S/C12H15NOS/c1-10-8-12(5-4-11(10)9-14)13-6-2-3-7-15-13/h4-5,8-9H,2-3,6-7H2,1H3. The van der Waals surface area contributed by atoms with Crippen molar-refractivity contribution in [2.75, 3.05) is 16.6 Å². The lowest BCUT2D eigenvalue weighted by Crippen LogP contribution is -2.21. The summed E-state index contributed by atoms with van der Waals surface area (Å²) in [6.07, 6.45) is 3.50. The number of hydrogen-bond acceptors (Lipinski definition) is 3. The zero-order valence-corrected chi connectivity index (χ0v) is 9.72. The Labute approximate surface area is 94.8 Å². The molecule has 1 heterocycles. The number of rotatable bonds is 2. The number of carbonyl (C=O) groups is 1. The molecule has 0 radical (unpaired) electrons. The highest BCUT2D eigenvalue weighted by atomic mass is 32.2. The van der Waals surface area contributed by atoms with Gasteiger partial charge in [0.25, 0.3) is 0 Å². The highest BCUT2D eigenvalue weighted by Gasteiger charge is 2.12. The quantitative estimate of drug-likeness (QED) is 0.565. The highest BCUT2D eigenvalue weighted by molar-refractivity contribution is 8.00. The predicted octanol–water partition coefficient (Wildman–Crippen LogP) is 3.06. The first-order valence-electron chi connectivity index (χ1n) is 5.27. The van der Waals surface area contributed by atoms with Gasteiger partial charge in [0, 0.05) is 23.5 Å². The van der Waals surface area contributed by atoms with Gasteiger partial charge in [-0.05, 0) is 55.5 Å². The fraction of sp³-hybridized carbons (Fsp3) is 0.417. The Morgan fingerprint density at radius 1 is 1.40 bits per heavy atom. The summed E-state index contributed by atoms with van der Waals surface area (Å²) in [6, 6.07) is 6.05. The molecule has 1 aliphatic rings. The van der Waals surface area contributed by atoms with Crippen LogP contribution in [0.1, 0.15) is 28.8 Å². The van der Waals surface area contributed by atoms with E-state index in [1.807, 2.05) is 31.0 Å². The van der Waals surface area contributed by atoms with E-state index < -0.39 is 0 Å². The molecule has 15 heavy (non-hydrogen) atoms. The van der Waals surface area contributed by atoms with Crippen LogP contribution in [0.15, 0.2) is 18.2 Å². The first kappa shape index (κ1) is 10.6. The Morgan fingerprint density at radius 3 is 2.87 bits per heavy atom. The van der Waals surface area contributed by atoms with Crippen molar-refractivity contribution < 1.29 is 4.79 Å². The van der Waals surface area contributed by atoms with Crippen LogP contribution in [0.3, 0.4) is 0 Å². The van der Waals surface area contributed by atoms with E-state index in [-0.39, 0.29) is 0 Å². The summed E-state index contributed by atoms with van der Waals surface area (Å²) < 4.78 is 2.32. The minimum Gasteiger partial charge on any atom is -0.316 e. The summed E-state index contributed by atoms with van der Waals surface area (Å²) >= 11 is 1.88. The largest absolute Gasteiger partial charge is 0.316 e. The van der Waals surface area contributed by atoms with Gasteiger partial charge in [0.15, 0.2) is 0 Å². The van der Waals surface area contributed by atoms with Gasteiger partial charge >= 0.3 is 0 Å². The Hall–Kier alpha value is -0.960. The van der Waals surface area contributed by atoms with Crippen LogP contribution in [-0.4, -0.2) is 18.6 Å². The summed E-state index contributed by atoms with van der Waals surface area (Å²) in [5.41, 5.74) is 3.08. The number of aryl methyl sites for hydroxylation is 1. The Balaban J connectivity index is 2.21. The monoisotopic (exact) mass is 221 g/mol. The molecule has 1 aliphatic heterocycles. The van der Waals surface area contributed by atoms with Gasteiger partial charge in [0.1, 0.15) is 6.29 Å². The first-order valence-corrected chi connectivity index (χ1v) is 6.22. The van der Waals surface area contributed by atoms with E-state index in [1.165, 1.54) is 24.3 Å². The molecule has 0 aromatic heterocycles. The number of nitrogens with zero attached hydrogens (tertiary/aromatic N) is 1. The van der Waals surface area contributed by atoms with Gasteiger partial charge in [-0.25, -0.2) is 0 Å². The molecule has 1 aromatic rings. The van der Waals surface area contributed by atoms with Crippen molar-refractivity contribution in [2.24, 2.45) is 0 Å². The van der Waals surface area contributed by atoms with E-state index >= 15 is 0 Å². The molecule has 1 aromatic carbocycles. The molecule has 3 heteroatoms. The molecule has 0 saturated carbocycles. The van der Waals surface area contributed by atoms with Crippen LogP contribution in [0.5, 0.6) is 0 Å². The SMILES string of the molecule is Cc1cc(N2CCCCS2)ccc1C=O. The molecule has 1 saturated heterocycles. The molecule has 0 unspecified atom stereocenters. The second kappa shape index (κ2) is 4.71. The lowest BCUT2D eigenvalue weighted by Gasteiger charge is -2.27. The van der Waals surface area contributed by atoms with Crippen LogP contribution in [0.2, 0.25) is 0 Å². The molecule has 80 valence electrons. The van der Waals surface area contributed by atoms with Crippen molar-refractivity contribution in [3.63, 3.8) is 0 Å². The molecule has 2 rings (SSSR count). The van der Waals surface area contributed by atoms with Crippen molar-refractivity contribution in [3.05, 3.63) is 29.3 Å². The minimum atomic E-state index is 0.792. The summed E-state index contributed by atoms with van der Waals surface area (Å²) in [5, 5.41) is 0. The zero-order valence-electron chi connectivity index (χ0n) is 8.90. The maximum atomic E-state index is 10.7. The Morgan fingerprint density at radius 2 is 2.27 bits per heavy atom. The average Bonchev–Trinajstić information content (AvgIpc) is 2.30. The van der Waals surface area contributed by atoms with E-state index in [2.05, 4.69) is 10.4 Å². The van der Waals surface area contributed by atoms with Gasteiger partial charge in [-0.1, -0.05) is 0 Å². The molecule has 0 spiro atoms. The summed E-state index contributed by atoms with van der Waals surface area (Å²) in [5.74, 6) is 1.20. The fourth-order valence-corrected chi connectivity index (χ4v) is 2.82. The van der Waals surface area contributed by atoms with E-state index in [4.69, 9.17) is 0 Å². The number of carbonyl (C=O) groups excluding carboxylic acids is 1. The van der Waals surface area contributed by atoms with Gasteiger partial charge < -0.3 is 4.31 Å². The summed E-state index contributed by atoms with van der Waals surface area (Å²) in [6.45, 7) is 3.10. The molecular weight excluding hydrogens is 206 g/mol. The summed E-state index contributed by atoms with van der Waals surface area (Å²) in [7, 11) is 0. The van der Waals surface area contributed by atoms with E-state index in [9.17, 15) is 4.79 Å². The van der Waals surface area contributed by atoms with Gasteiger partial charge in [-0.15, -0.1) is 0 Å². The van der Waals surface area contributed by atoms with Crippen molar-refractivity contribution >= 4 is 23.9 Å². The number of benzene rings is 1. The van der Waals surface area contributed by atoms with Crippen LogP contribution in [0.25, 0.3) is 0 Å². The van der Waals surface area contributed by atoms with Gasteiger partial charge in [0.2, 0.25) is 0 Å². The van der Waals surface area contributed by atoms with Crippen molar-refractivity contribution in [1.82, 2.24) is 0 Å². The second-order valence-corrected chi connectivity index (χ2v) is 4.91. The van der Waals surface area contributed by atoms with Crippen LogP contribution in [0, 0.1) is 6.92 Å². The molecule has 1 fully saturated rings. The Kier molecular flexibility index (Phi) is 3.31. The third-order valence-corrected chi connectivity index (χ3v) is 3.85. The van der Waals surface area contributed by atoms with Crippen LogP contribution >= 0.6 is 11.9 Å². The lowest BCUT2D eigenvalue weighted by molar-refractivity contribution is 0.112. The number of hydrogen-bond donors (Lipinski definition) is 0. The predicted molar refractivity (Wildman–Crippen MR) is 65.6 cm³/mol. The minimum absolute atomic E-state index is 0.792. The third-order valence-electron chi connectivity index (χ3n) is 2.67. The van der Waals surface area contributed by atoms with Crippen molar-refractivity contribution in [1.29, 1.82) is 0 Å². The Bertz CT molecular complexity index is 359. The highest BCUT2D eigenvalue weighted by Crippen LogP contribution is 2.28. The zero-order chi connectivity index (χ0) is 10.7. The first-order chi connectivity index (χ1) is 7.31. The summed E-state index contributed by atoms with van der Waals surface area (Å²) in [4.78, 5) is 10.7. The van der Waals surface area contributed by atoms with E-state index in [0.717, 1.165) is 24.0 Å². The van der Waals surface area contributed by atoms with Crippen molar-refractivity contribution in [2.45, 2.75) is 19.8 Å². The second-order valence-electron chi connectivity index (χ2n) is 3.80. The molecule has 0 aliphatic carbocycles. The van der Waals surface area contributed by atoms with Gasteiger partial charge in [-0.2, -0.15) is 0 Å². The number of aldehydes is 1. The van der Waals surface area contributed by atoms with Crippen LogP contribution in [-0.2, 0) is 0 Å². The maximum Gasteiger partial charge on any atom is 0.150 e. The van der Waals surface area contributed by atoms with Crippen molar-refractivity contribution in [3.8, 4) is 0 Å². The van der Waals surface area contributed by atoms with Gasteiger partial charge in [0.05, 0.1) is 0 Å². The molecule has 0 bridgehead atoms. The molecule has 2 nitrogen and oxygen atoms in total. The average molecular weight is 221 g/mol. The third kappa shape index (κ3) is 2.34. The topological polar surface area (TPSA) is 20.3 Å². The van der Waals surface area contributed by atoms with E-state index in [1.54, 1.807) is 0 Å². The van der Waals surface area contributed by atoms with Gasteiger partial charge in [-0.3, -0.25) is 4.79 Å². The van der Waals surface area contributed by atoms with Crippen LogP contribution in [0.4, 0.5) is 5.69 Å². The number of anilines is 1. The van der Waals surface area contributed by atoms with E-state index in [0.29, 0.717) is 0 Å². The molecule has 0 atom stereocenters. The molecule has 0 N–H and O–H groups in total. The maximum absolute atomic E-state index is 10.7.